The predicted molar refractivity (Wildman–Crippen MR) is 79.1 cm³/mol. The topological polar surface area (TPSA) is 54.5 Å². The van der Waals surface area contributed by atoms with Crippen LogP contribution >= 0.6 is 0 Å². The molecule has 0 bridgehead atoms. The summed E-state index contributed by atoms with van der Waals surface area (Å²) in [6.45, 7) is 2.66. The first kappa shape index (κ1) is 15.0. The number of sulfone groups is 1. The van der Waals surface area contributed by atoms with Gasteiger partial charge in [-0.3, -0.25) is 4.79 Å². The van der Waals surface area contributed by atoms with Crippen LogP contribution in [0.1, 0.15) is 37.0 Å². The highest BCUT2D eigenvalue weighted by Crippen LogP contribution is 2.28. The van der Waals surface area contributed by atoms with Gasteiger partial charge in [-0.1, -0.05) is 43.7 Å². The van der Waals surface area contributed by atoms with E-state index in [0.717, 1.165) is 18.4 Å². The summed E-state index contributed by atoms with van der Waals surface area (Å²) in [7, 11) is -3.16. The Bertz CT molecular complexity index is 554. The normalized spacial score (nSPS) is 21.6. The van der Waals surface area contributed by atoms with E-state index < -0.39 is 15.1 Å². The van der Waals surface area contributed by atoms with Gasteiger partial charge in [0.05, 0.1) is 5.75 Å². The van der Waals surface area contributed by atoms with Gasteiger partial charge in [-0.25, -0.2) is 8.42 Å². The Hall–Kier alpha value is -1.36. The van der Waals surface area contributed by atoms with Crippen LogP contribution in [0, 0.1) is 0 Å². The number of hydrogen-bond acceptors (Lipinski definition) is 3. The van der Waals surface area contributed by atoms with Crippen molar-refractivity contribution >= 4 is 15.7 Å². The Labute approximate surface area is 120 Å². The molecule has 1 atom stereocenters. The summed E-state index contributed by atoms with van der Waals surface area (Å²) in [5.74, 6) is 0.132. The van der Waals surface area contributed by atoms with Crippen molar-refractivity contribution in [1.82, 2.24) is 4.90 Å². The van der Waals surface area contributed by atoms with Crippen LogP contribution < -0.4 is 0 Å². The molecule has 0 radical (unpaired) electrons. The second-order valence-electron chi connectivity index (χ2n) is 5.21. The first-order valence-corrected chi connectivity index (χ1v) is 8.80. The van der Waals surface area contributed by atoms with Crippen molar-refractivity contribution in [3.63, 3.8) is 0 Å². The number of nitrogens with zero attached hydrogens (tertiary/aromatic N) is 1. The van der Waals surface area contributed by atoms with Gasteiger partial charge in [0.15, 0.2) is 9.84 Å². The number of unbranched alkanes of at least 4 members (excludes halogenated alkanes) is 1. The minimum absolute atomic E-state index is 0.0599. The summed E-state index contributed by atoms with van der Waals surface area (Å²) < 4.78 is 24.5. The lowest BCUT2D eigenvalue weighted by Gasteiger charge is -2.33. The lowest BCUT2D eigenvalue weighted by atomic mass is 10.1. The lowest BCUT2D eigenvalue weighted by Crippen LogP contribution is -2.45. The molecule has 0 saturated carbocycles. The number of carbonyl (C=O) groups is 1. The molecule has 1 aromatic rings. The van der Waals surface area contributed by atoms with Gasteiger partial charge in [0, 0.05) is 19.5 Å². The van der Waals surface area contributed by atoms with Crippen LogP contribution in [0.5, 0.6) is 0 Å². The van der Waals surface area contributed by atoms with Crippen molar-refractivity contribution in [2.24, 2.45) is 0 Å². The molecule has 1 aliphatic heterocycles. The molecule has 110 valence electrons. The molecular formula is C15H21NO3S. The zero-order chi connectivity index (χ0) is 14.6. The smallest absolute Gasteiger partial charge is 0.222 e. The minimum Gasteiger partial charge on any atom is -0.340 e. The molecule has 1 saturated heterocycles. The third kappa shape index (κ3) is 3.39. The summed E-state index contributed by atoms with van der Waals surface area (Å²) in [6.07, 6.45) is 2.34. The van der Waals surface area contributed by atoms with Crippen molar-refractivity contribution in [2.45, 2.75) is 31.4 Å². The van der Waals surface area contributed by atoms with Crippen molar-refractivity contribution in [3.05, 3.63) is 35.9 Å². The average Bonchev–Trinajstić information content (AvgIpc) is 2.45. The molecule has 1 fully saturated rings. The highest BCUT2D eigenvalue weighted by Gasteiger charge is 2.35. The summed E-state index contributed by atoms with van der Waals surface area (Å²) in [6, 6.07) is 9.18. The van der Waals surface area contributed by atoms with Crippen molar-refractivity contribution in [1.29, 1.82) is 0 Å². The van der Waals surface area contributed by atoms with Crippen molar-refractivity contribution < 1.29 is 13.2 Å². The van der Waals surface area contributed by atoms with Gasteiger partial charge >= 0.3 is 0 Å². The number of carbonyl (C=O) groups excluding carboxylic acids is 1. The molecule has 0 aromatic heterocycles. The van der Waals surface area contributed by atoms with E-state index in [-0.39, 0.29) is 18.2 Å². The molecule has 0 N–H and O–H groups in total. The van der Waals surface area contributed by atoms with E-state index in [9.17, 15) is 13.2 Å². The number of rotatable bonds is 4. The quantitative estimate of drug-likeness (QED) is 0.855. The van der Waals surface area contributed by atoms with E-state index in [1.54, 1.807) is 4.90 Å². The maximum Gasteiger partial charge on any atom is 0.222 e. The van der Waals surface area contributed by atoms with Crippen LogP contribution in [0.25, 0.3) is 0 Å². The predicted octanol–water partition coefficient (Wildman–Crippen LogP) is 2.17. The fourth-order valence-electron chi connectivity index (χ4n) is 2.48. The fourth-order valence-corrected chi connectivity index (χ4v) is 4.22. The van der Waals surface area contributed by atoms with Crippen LogP contribution in [0.3, 0.4) is 0 Å². The third-order valence-corrected chi connectivity index (χ3v) is 5.77. The largest absolute Gasteiger partial charge is 0.340 e. The summed E-state index contributed by atoms with van der Waals surface area (Å²) in [5.41, 5.74) is 0.778. The van der Waals surface area contributed by atoms with Gasteiger partial charge in [0.25, 0.3) is 0 Å². The molecule has 0 spiro atoms. The summed E-state index contributed by atoms with van der Waals surface area (Å²) >= 11 is 0. The van der Waals surface area contributed by atoms with E-state index in [4.69, 9.17) is 0 Å². The van der Waals surface area contributed by atoms with Crippen molar-refractivity contribution in [2.75, 3.05) is 18.8 Å². The second-order valence-corrected chi connectivity index (χ2v) is 7.51. The monoisotopic (exact) mass is 295 g/mol. The van der Waals surface area contributed by atoms with Gasteiger partial charge < -0.3 is 4.90 Å². The zero-order valence-corrected chi connectivity index (χ0v) is 12.6. The molecule has 2 rings (SSSR count). The molecular weight excluding hydrogens is 274 g/mol. The molecule has 1 aliphatic rings. The van der Waals surface area contributed by atoms with E-state index >= 15 is 0 Å². The zero-order valence-electron chi connectivity index (χ0n) is 11.8. The molecule has 0 aliphatic carbocycles. The molecule has 5 heteroatoms. The third-order valence-electron chi connectivity index (χ3n) is 3.73. The summed E-state index contributed by atoms with van der Waals surface area (Å²) in [5, 5.41) is -0.581. The summed E-state index contributed by atoms with van der Waals surface area (Å²) in [4.78, 5) is 13.8. The van der Waals surface area contributed by atoms with Crippen LogP contribution in [-0.2, 0) is 14.6 Å². The number of hydrogen-bond donors (Lipinski definition) is 0. The van der Waals surface area contributed by atoms with E-state index in [1.165, 1.54) is 0 Å². The van der Waals surface area contributed by atoms with Gasteiger partial charge in [0.2, 0.25) is 5.91 Å². The standard InChI is InChI=1S/C15H21NO3S/c1-2-3-9-15(17)16-10-11-20(18,19)14(12-16)13-7-5-4-6-8-13/h4-8,14H,2-3,9-12H2,1H3. The van der Waals surface area contributed by atoms with Gasteiger partial charge in [-0.15, -0.1) is 0 Å². The average molecular weight is 295 g/mol. The maximum absolute atomic E-state index is 12.2. The minimum atomic E-state index is -3.16. The Morgan fingerprint density at radius 1 is 1.30 bits per heavy atom. The Morgan fingerprint density at radius 2 is 2.00 bits per heavy atom. The molecule has 1 amide bonds. The molecule has 1 unspecified atom stereocenters. The van der Waals surface area contributed by atoms with Gasteiger partial charge in [-0.05, 0) is 12.0 Å². The fraction of sp³-hybridized carbons (Fsp3) is 0.533. The van der Waals surface area contributed by atoms with Crippen LogP contribution in [0.4, 0.5) is 0 Å². The second kappa shape index (κ2) is 6.39. The van der Waals surface area contributed by atoms with E-state index in [2.05, 4.69) is 0 Å². The maximum atomic E-state index is 12.2. The molecule has 1 aromatic carbocycles. The number of benzene rings is 1. The van der Waals surface area contributed by atoms with Crippen LogP contribution in [0.2, 0.25) is 0 Å². The van der Waals surface area contributed by atoms with Gasteiger partial charge in [0.1, 0.15) is 5.25 Å². The first-order chi connectivity index (χ1) is 9.54. The molecule has 4 nitrogen and oxygen atoms in total. The molecule has 20 heavy (non-hydrogen) atoms. The van der Waals surface area contributed by atoms with Gasteiger partial charge in [-0.2, -0.15) is 0 Å². The Balaban J connectivity index is 2.15. The SMILES string of the molecule is CCCCC(=O)N1CCS(=O)(=O)C(c2ccccc2)C1. The van der Waals surface area contributed by atoms with Crippen LogP contribution in [0.15, 0.2) is 30.3 Å². The lowest BCUT2D eigenvalue weighted by molar-refractivity contribution is -0.131. The highest BCUT2D eigenvalue weighted by atomic mass is 32.2. The Morgan fingerprint density at radius 3 is 2.65 bits per heavy atom. The highest BCUT2D eigenvalue weighted by molar-refractivity contribution is 7.91. The van der Waals surface area contributed by atoms with E-state index in [1.807, 2.05) is 37.3 Å². The first-order valence-electron chi connectivity index (χ1n) is 7.09. The van der Waals surface area contributed by atoms with Crippen molar-refractivity contribution in [3.8, 4) is 0 Å². The van der Waals surface area contributed by atoms with E-state index in [0.29, 0.717) is 13.0 Å². The number of amides is 1. The molecule has 1 heterocycles. The Kier molecular flexibility index (Phi) is 4.81. The van der Waals surface area contributed by atoms with Crippen LogP contribution in [-0.4, -0.2) is 38.1 Å².